The average Bonchev–Trinajstić information content (AvgIpc) is 3.37. The van der Waals surface area contributed by atoms with Gasteiger partial charge < -0.3 is 9.47 Å². The minimum absolute atomic E-state index is 0.00836. The summed E-state index contributed by atoms with van der Waals surface area (Å²) in [4.78, 5) is 31.6. The van der Waals surface area contributed by atoms with Gasteiger partial charge in [0.2, 0.25) is 0 Å². The maximum atomic E-state index is 14.8. The molecule has 0 N–H and O–H groups in total. The van der Waals surface area contributed by atoms with Crippen molar-refractivity contribution in [2.24, 2.45) is 0 Å². The van der Waals surface area contributed by atoms with Crippen LogP contribution in [0.4, 0.5) is 4.39 Å². The molecule has 2 heterocycles. The maximum Gasteiger partial charge on any atom is 0.332 e. The lowest BCUT2D eigenvalue weighted by Gasteiger charge is -2.18. The van der Waals surface area contributed by atoms with E-state index in [1.54, 1.807) is 37.0 Å². The van der Waals surface area contributed by atoms with E-state index in [-0.39, 0.29) is 18.6 Å². The first-order valence-electron chi connectivity index (χ1n) is 13.8. The van der Waals surface area contributed by atoms with E-state index in [1.807, 2.05) is 49.5 Å². The van der Waals surface area contributed by atoms with E-state index in [0.717, 1.165) is 27.3 Å². The Balaban J connectivity index is 1.73. The zero-order valence-electron chi connectivity index (χ0n) is 24.0. The number of fused-ring (bicyclic) bond motifs is 1. The molecule has 0 bridgehead atoms. The van der Waals surface area contributed by atoms with Crippen molar-refractivity contribution in [1.29, 1.82) is 0 Å². The van der Waals surface area contributed by atoms with Gasteiger partial charge >= 0.3 is 5.69 Å². The lowest BCUT2D eigenvalue weighted by Crippen LogP contribution is -2.40. The molecule has 0 saturated heterocycles. The van der Waals surface area contributed by atoms with Crippen molar-refractivity contribution in [3.63, 3.8) is 0 Å². The summed E-state index contributed by atoms with van der Waals surface area (Å²) in [5.74, 6) is 0.323. The van der Waals surface area contributed by atoms with Crippen molar-refractivity contribution >= 4 is 21.6 Å². The highest BCUT2D eigenvalue weighted by molar-refractivity contribution is 7.22. The lowest BCUT2D eigenvalue weighted by molar-refractivity contribution is 0.189. The quantitative estimate of drug-likeness (QED) is 0.174. The van der Waals surface area contributed by atoms with E-state index < -0.39 is 11.5 Å². The molecule has 0 spiro atoms. The number of thiophene rings is 1. The van der Waals surface area contributed by atoms with Crippen LogP contribution in [0.5, 0.6) is 5.75 Å². The SMILES string of the molecule is COCCCn1c(=O)c2c(CN(C)Cc3ccccc3)c(-c3ccc(OC)cc3)sc2n(Cc2ccccc2F)c1=O. The highest BCUT2D eigenvalue weighted by Gasteiger charge is 2.24. The first-order valence-corrected chi connectivity index (χ1v) is 14.6. The Hall–Kier alpha value is -4.05. The minimum Gasteiger partial charge on any atom is -0.497 e. The van der Waals surface area contributed by atoms with Gasteiger partial charge in [-0.3, -0.25) is 18.8 Å². The number of nitrogens with zero attached hydrogens (tertiary/aromatic N) is 3. The Morgan fingerprint density at radius 1 is 0.881 bits per heavy atom. The summed E-state index contributed by atoms with van der Waals surface area (Å²) in [6.07, 6.45) is 0.496. The number of hydrogen-bond donors (Lipinski definition) is 0. The molecule has 218 valence electrons. The third kappa shape index (κ3) is 6.23. The van der Waals surface area contributed by atoms with Crippen molar-refractivity contribution in [1.82, 2.24) is 14.0 Å². The summed E-state index contributed by atoms with van der Waals surface area (Å²) in [7, 11) is 5.22. The van der Waals surface area contributed by atoms with Gasteiger partial charge in [0.05, 0.1) is 19.0 Å². The molecule has 0 unspecified atom stereocenters. The molecular formula is C33H34FN3O4S. The molecule has 0 fully saturated rings. The Labute approximate surface area is 248 Å². The van der Waals surface area contributed by atoms with Gasteiger partial charge in [-0.2, -0.15) is 0 Å². The smallest absolute Gasteiger partial charge is 0.332 e. The van der Waals surface area contributed by atoms with E-state index in [1.165, 1.54) is 22.0 Å². The van der Waals surface area contributed by atoms with Crippen molar-refractivity contribution in [3.8, 4) is 16.2 Å². The van der Waals surface area contributed by atoms with Gasteiger partial charge in [0.25, 0.3) is 5.56 Å². The second-order valence-electron chi connectivity index (χ2n) is 10.2. The van der Waals surface area contributed by atoms with Crippen LogP contribution < -0.4 is 16.0 Å². The molecule has 2 aromatic heterocycles. The highest BCUT2D eigenvalue weighted by Crippen LogP contribution is 2.38. The summed E-state index contributed by atoms with van der Waals surface area (Å²) < 4.78 is 28.2. The van der Waals surface area contributed by atoms with Crippen LogP contribution in [0.15, 0.2) is 88.5 Å². The summed E-state index contributed by atoms with van der Waals surface area (Å²) in [5.41, 5.74) is 2.49. The third-order valence-corrected chi connectivity index (χ3v) is 8.55. The van der Waals surface area contributed by atoms with Crippen LogP contribution in [0.3, 0.4) is 0 Å². The molecule has 0 aliphatic rings. The zero-order chi connectivity index (χ0) is 29.6. The second-order valence-corrected chi connectivity index (χ2v) is 11.2. The molecule has 0 aliphatic carbocycles. The maximum absolute atomic E-state index is 14.8. The molecule has 5 aromatic rings. The van der Waals surface area contributed by atoms with E-state index >= 15 is 0 Å². The Bertz CT molecular complexity index is 1780. The largest absolute Gasteiger partial charge is 0.497 e. The van der Waals surface area contributed by atoms with Gasteiger partial charge in [-0.25, -0.2) is 9.18 Å². The van der Waals surface area contributed by atoms with Gasteiger partial charge in [0, 0.05) is 43.8 Å². The molecule has 0 saturated carbocycles. The minimum atomic E-state index is -0.460. The number of methoxy groups -OCH3 is 2. The van der Waals surface area contributed by atoms with Crippen LogP contribution in [-0.4, -0.2) is 41.9 Å². The van der Waals surface area contributed by atoms with Crippen LogP contribution in [0.2, 0.25) is 0 Å². The van der Waals surface area contributed by atoms with Gasteiger partial charge in [-0.1, -0.05) is 48.5 Å². The van der Waals surface area contributed by atoms with E-state index in [0.29, 0.717) is 41.9 Å². The van der Waals surface area contributed by atoms with Gasteiger partial charge in [0.1, 0.15) is 16.4 Å². The van der Waals surface area contributed by atoms with E-state index in [9.17, 15) is 14.0 Å². The molecule has 0 atom stereocenters. The normalized spacial score (nSPS) is 11.5. The van der Waals surface area contributed by atoms with Crippen LogP contribution in [0.25, 0.3) is 20.7 Å². The standard InChI is InChI=1S/C33H34FN3O4S/c1-35(20-23-10-5-4-6-11-23)22-27-29-31(38)36(18-9-19-40-2)33(39)37(21-25-12-7-8-13-28(25)34)32(29)42-30(27)24-14-16-26(41-3)17-15-24/h4-8,10-17H,9,18-22H2,1-3H3. The molecule has 9 heteroatoms. The summed E-state index contributed by atoms with van der Waals surface area (Å²) >= 11 is 1.39. The van der Waals surface area contributed by atoms with Crippen LogP contribution in [0.1, 0.15) is 23.1 Å². The molecular weight excluding hydrogens is 553 g/mol. The zero-order valence-corrected chi connectivity index (χ0v) is 24.8. The van der Waals surface area contributed by atoms with Crippen molar-refractivity contribution in [2.75, 3.05) is 27.9 Å². The van der Waals surface area contributed by atoms with E-state index in [4.69, 9.17) is 9.47 Å². The first kappa shape index (κ1) is 29.4. The fourth-order valence-electron chi connectivity index (χ4n) is 5.16. The van der Waals surface area contributed by atoms with Crippen LogP contribution >= 0.6 is 11.3 Å². The highest BCUT2D eigenvalue weighted by atomic mass is 32.1. The number of rotatable bonds is 12. The van der Waals surface area contributed by atoms with Crippen molar-refractivity contribution in [2.45, 2.75) is 32.6 Å². The van der Waals surface area contributed by atoms with Gasteiger partial charge in [0.15, 0.2) is 0 Å². The van der Waals surface area contributed by atoms with Gasteiger partial charge in [-0.05, 0) is 60.5 Å². The Morgan fingerprint density at radius 3 is 2.29 bits per heavy atom. The molecule has 7 nitrogen and oxygen atoms in total. The number of aromatic nitrogens is 2. The molecule has 3 aromatic carbocycles. The monoisotopic (exact) mass is 587 g/mol. The first-order chi connectivity index (χ1) is 20.4. The fourth-order valence-corrected chi connectivity index (χ4v) is 6.47. The summed E-state index contributed by atoms with van der Waals surface area (Å²) in [6, 6.07) is 24.2. The second kappa shape index (κ2) is 13.3. The Kier molecular flexibility index (Phi) is 9.31. The molecule has 42 heavy (non-hydrogen) atoms. The topological polar surface area (TPSA) is 65.7 Å². The molecule has 5 rings (SSSR count). The van der Waals surface area contributed by atoms with Crippen molar-refractivity contribution < 1.29 is 13.9 Å². The summed E-state index contributed by atoms with van der Waals surface area (Å²) in [5, 5.41) is 0.485. The van der Waals surface area contributed by atoms with Crippen LogP contribution in [-0.2, 0) is 30.9 Å². The molecule has 0 radical (unpaired) electrons. The summed E-state index contributed by atoms with van der Waals surface area (Å²) in [6.45, 7) is 1.77. The number of halogens is 1. The average molecular weight is 588 g/mol. The number of ether oxygens (including phenoxy) is 2. The predicted molar refractivity (Wildman–Crippen MR) is 166 cm³/mol. The van der Waals surface area contributed by atoms with Crippen molar-refractivity contribution in [3.05, 3.63) is 122 Å². The third-order valence-electron chi connectivity index (χ3n) is 7.25. The fraction of sp³-hybridized carbons (Fsp3) is 0.273. The number of benzene rings is 3. The lowest BCUT2D eigenvalue weighted by atomic mass is 10.1. The number of hydrogen-bond acceptors (Lipinski definition) is 6. The molecule has 0 amide bonds. The van der Waals surface area contributed by atoms with E-state index in [2.05, 4.69) is 17.0 Å². The van der Waals surface area contributed by atoms with Gasteiger partial charge in [-0.15, -0.1) is 11.3 Å². The Morgan fingerprint density at radius 2 is 1.60 bits per heavy atom. The predicted octanol–water partition coefficient (Wildman–Crippen LogP) is 5.76. The molecule has 0 aliphatic heterocycles. The van der Waals surface area contributed by atoms with Crippen LogP contribution in [0, 0.1) is 5.82 Å².